The topological polar surface area (TPSA) is 12.9 Å². The van der Waals surface area contributed by atoms with E-state index in [0.717, 1.165) is 6.07 Å². The van der Waals surface area contributed by atoms with Crippen LogP contribution in [0.2, 0.25) is 10.2 Å². The highest BCUT2D eigenvalue weighted by atomic mass is 35.5. The van der Waals surface area contributed by atoms with E-state index in [0.29, 0.717) is 0 Å². The second-order valence-electron chi connectivity index (χ2n) is 1.40. The van der Waals surface area contributed by atoms with Crippen molar-refractivity contribution in [3.05, 3.63) is 28.3 Å². The maximum Gasteiger partial charge on any atom is 0.150 e. The van der Waals surface area contributed by atoms with E-state index >= 15 is 0 Å². The molecule has 1 rings (SSSR count). The average molecular weight is 166 g/mol. The van der Waals surface area contributed by atoms with Crippen molar-refractivity contribution in [3.8, 4) is 0 Å². The van der Waals surface area contributed by atoms with E-state index in [-0.39, 0.29) is 10.2 Å². The maximum atomic E-state index is 12.3. The molecular formula is C5H2Cl2FN. The Hall–Kier alpha value is -0.340. The molecule has 0 aliphatic carbocycles. The van der Waals surface area contributed by atoms with Crippen LogP contribution in [0.3, 0.4) is 0 Å². The minimum absolute atomic E-state index is 0.00309. The van der Waals surface area contributed by atoms with Crippen molar-refractivity contribution in [3.63, 3.8) is 0 Å². The molecular weight excluding hydrogens is 164 g/mol. The van der Waals surface area contributed by atoms with Gasteiger partial charge in [-0.3, -0.25) is 0 Å². The Morgan fingerprint density at radius 2 is 2.11 bits per heavy atom. The van der Waals surface area contributed by atoms with E-state index in [9.17, 15) is 4.39 Å². The number of aromatic nitrogens is 1. The van der Waals surface area contributed by atoms with Crippen LogP contribution < -0.4 is 0 Å². The molecule has 0 atom stereocenters. The van der Waals surface area contributed by atoms with E-state index < -0.39 is 5.82 Å². The quantitative estimate of drug-likeness (QED) is 0.539. The van der Waals surface area contributed by atoms with E-state index in [4.69, 9.17) is 23.2 Å². The first-order chi connectivity index (χ1) is 4.22. The van der Waals surface area contributed by atoms with E-state index in [1.807, 2.05) is 0 Å². The fourth-order valence-corrected chi connectivity index (χ4v) is 0.655. The first-order valence-corrected chi connectivity index (χ1v) is 2.93. The van der Waals surface area contributed by atoms with Crippen LogP contribution in [0.1, 0.15) is 0 Å². The van der Waals surface area contributed by atoms with Gasteiger partial charge in [-0.15, -0.1) is 0 Å². The summed E-state index contributed by atoms with van der Waals surface area (Å²) in [6.45, 7) is 0. The zero-order valence-electron chi connectivity index (χ0n) is 4.24. The lowest BCUT2D eigenvalue weighted by molar-refractivity contribution is 0.626. The first-order valence-electron chi connectivity index (χ1n) is 2.17. The van der Waals surface area contributed by atoms with Gasteiger partial charge in [-0.05, 0) is 6.07 Å². The molecule has 1 aromatic rings. The molecule has 9 heavy (non-hydrogen) atoms. The van der Waals surface area contributed by atoms with Gasteiger partial charge in [-0.1, -0.05) is 23.2 Å². The lowest BCUT2D eigenvalue weighted by atomic mass is 10.5. The molecule has 0 N–H and O–H groups in total. The molecule has 1 nitrogen and oxygen atoms in total. The fourth-order valence-electron chi connectivity index (χ4n) is 0.397. The number of halogens is 3. The van der Waals surface area contributed by atoms with Crippen LogP contribution in [-0.4, -0.2) is 4.98 Å². The lowest BCUT2D eigenvalue weighted by Gasteiger charge is -1.92. The zero-order valence-corrected chi connectivity index (χ0v) is 5.75. The number of pyridine rings is 1. The molecule has 0 saturated heterocycles. The standard InChI is InChI=1S/C5H2Cl2FN/c6-4-3(8)1-2-9-5(4)7/h1-2H. The van der Waals surface area contributed by atoms with E-state index in [2.05, 4.69) is 4.98 Å². The molecule has 0 saturated carbocycles. The Balaban J connectivity index is 3.25. The molecule has 1 heterocycles. The predicted molar refractivity (Wildman–Crippen MR) is 34.2 cm³/mol. The van der Waals surface area contributed by atoms with Crippen LogP contribution in [0.4, 0.5) is 4.39 Å². The van der Waals surface area contributed by atoms with Gasteiger partial charge >= 0.3 is 0 Å². The van der Waals surface area contributed by atoms with Gasteiger partial charge in [0, 0.05) is 6.20 Å². The maximum absolute atomic E-state index is 12.3. The van der Waals surface area contributed by atoms with Crippen LogP contribution in [0.5, 0.6) is 0 Å². The second-order valence-corrected chi connectivity index (χ2v) is 2.13. The summed E-state index contributed by atoms with van der Waals surface area (Å²) in [7, 11) is 0. The van der Waals surface area contributed by atoms with Gasteiger partial charge in [0.25, 0.3) is 0 Å². The van der Waals surface area contributed by atoms with Crippen LogP contribution >= 0.6 is 23.2 Å². The van der Waals surface area contributed by atoms with Crippen molar-refractivity contribution in [2.24, 2.45) is 0 Å². The third-order valence-corrected chi connectivity index (χ3v) is 1.54. The SMILES string of the molecule is Fc1ccnc(Cl)c1Cl. The largest absolute Gasteiger partial charge is 0.243 e. The summed E-state index contributed by atoms with van der Waals surface area (Å²) in [4.78, 5) is 3.53. The van der Waals surface area contributed by atoms with Crippen molar-refractivity contribution in [1.82, 2.24) is 4.98 Å². The van der Waals surface area contributed by atoms with Crippen LogP contribution in [0.25, 0.3) is 0 Å². The minimum Gasteiger partial charge on any atom is -0.243 e. The molecule has 0 aliphatic rings. The summed E-state index contributed by atoms with van der Waals surface area (Å²) >= 11 is 10.6. The molecule has 0 aromatic carbocycles. The molecule has 48 valence electrons. The van der Waals surface area contributed by atoms with Crippen molar-refractivity contribution in [2.75, 3.05) is 0 Å². The molecule has 0 unspecified atom stereocenters. The van der Waals surface area contributed by atoms with Crippen molar-refractivity contribution < 1.29 is 4.39 Å². The number of hydrogen-bond acceptors (Lipinski definition) is 1. The first kappa shape index (κ1) is 6.78. The summed E-state index contributed by atoms with van der Waals surface area (Å²) in [5.41, 5.74) is 0. The normalized spacial score (nSPS) is 9.67. The third-order valence-electron chi connectivity index (χ3n) is 0.800. The lowest BCUT2D eigenvalue weighted by Crippen LogP contribution is -1.79. The minimum atomic E-state index is -0.545. The van der Waals surface area contributed by atoms with Crippen LogP contribution in [0, 0.1) is 5.82 Å². The molecule has 0 aliphatic heterocycles. The molecule has 0 spiro atoms. The Morgan fingerprint density at radius 3 is 2.56 bits per heavy atom. The van der Waals surface area contributed by atoms with Crippen LogP contribution in [-0.2, 0) is 0 Å². The van der Waals surface area contributed by atoms with Crippen molar-refractivity contribution >= 4 is 23.2 Å². The van der Waals surface area contributed by atoms with E-state index in [1.54, 1.807) is 0 Å². The summed E-state index contributed by atoms with van der Waals surface area (Å²) in [5.74, 6) is -0.545. The molecule has 0 bridgehead atoms. The number of rotatable bonds is 0. The second kappa shape index (κ2) is 2.50. The molecule has 4 heteroatoms. The average Bonchev–Trinajstić information content (AvgIpc) is 1.83. The Labute approximate surface area is 61.4 Å². The van der Waals surface area contributed by atoms with Gasteiger partial charge in [0.15, 0.2) is 5.15 Å². The fraction of sp³-hybridized carbons (Fsp3) is 0. The predicted octanol–water partition coefficient (Wildman–Crippen LogP) is 2.53. The van der Waals surface area contributed by atoms with Gasteiger partial charge in [-0.2, -0.15) is 0 Å². The van der Waals surface area contributed by atoms with Crippen LogP contribution in [0.15, 0.2) is 12.3 Å². The highest BCUT2D eigenvalue weighted by molar-refractivity contribution is 6.41. The summed E-state index contributed by atoms with van der Waals surface area (Å²) in [6.07, 6.45) is 1.25. The summed E-state index contributed by atoms with van der Waals surface area (Å²) in [6, 6.07) is 1.15. The smallest absolute Gasteiger partial charge is 0.150 e. The van der Waals surface area contributed by atoms with Gasteiger partial charge in [0.05, 0.1) is 0 Å². The van der Waals surface area contributed by atoms with Gasteiger partial charge in [0.1, 0.15) is 10.8 Å². The Kier molecular flexibility index (Phi) is 1.88. The molecule has 0 radical (unpaired) electrons. The Bertz CT molecular complexity index is 206. The number of hydrogen-bond donors (Lipinski definition) is 0. The summed E-state index contributed by atoms with van der Waals surface area (Å²) < 4.78 is 12.3. The zero-order chi connectivity index (χ0) is 6.85. The molecule has 1 aromatic heterocycles. The van der Waals surface area contributed by atoms with Gasteiger partial charge < -0.3 is 0 Å². The molecule has 0 amide bonds. The molecule has 0 fully saturated rings. The van der Waals surface area contributed by atoms with E-state index in [1.165, 1.54) is 6.20 Å². The third kappa shape index (κ3) is 1.32. The van der Waals surface area contributed by atoms with Crippen molar-refractivity contribution in [1.29, 1.82) is 0 Å². The Morgan fingerprint density at radius 1 is 1.44 bits per heavy atom. The highest BCUT2D eigenvalue weighted by Crippen LogP contribution is 2.20. The summed E-state index contributed by atoms with van der Waals surface area (Å²) in [5, 5.41) is -0.129. The highest BCUT2D eigenvalue weighted by Gasteiger charge is 2.02. The van der Waals surface area contributed by atoms with Gasteiger partial charge in [0.2, 0.25) is 0 Å². The monoisotopic (exact) mass is 165 g/mol. The number of nitrogens with zero attached hydrogens (tertiary/aromatic N) is 1. The van der Waals surface area contributed by atoms with Gasteiger partial charge in [-0.25, -0.2) is 9.37 Å². The van der Waals surface area contributed by atoms with Crippen molar-refractivity contribution in [2.45, 2.75) is 0 Å².